The number of rotatable bonds is 5. The van der Waals surface area contributed by atoms with Gasteiger partial charge in [-0.25, -0.2) is 4.98 Å². The van der Waals surface area contributed by atoms with E-state index in [1.807, 2.05) is 12.1 Å². The van der Waals surface area contributed by atoms with Gasteiger partial charge in [-0.05, 0) is 30.7 Å². The van der Waals surface area contributed by atoms with Crippen LogP contribution < -0.4 is 5.73 Å². The Morgan fingerprint density at radius 2 is 2.04 bits per heavy atom. The lowest BCUT2D eigenvalue weighted by atomic mass is 10.1. The number of nitrogens with zero attached hydrogens (tertiary/aromatic N) is 2. The van der Waals surface area contributed by atoms with Gasteiger partial charge in [-0.1, -0.05) is 31.2 Å². The molecule has 3 aromatic heterocycles. The van der Waals surface area contributed by atoms with E-state index in [2.05, 4.69) is 41.0 Å². The monoisotopic (exact) mass is 337 g/mol. The van der Waals surface area contributed by atoms with Crippen LogP contribution in [0.1, 0.15) is 18.2 Å². The van der Waals surface area contributed by atoms with Gasteiger partial charge in [0.1, 0.15) is 5.69 Å². The standard InChI is InChI=1S/C19H19N3OS/c1-2-13-5-7-14(8-6-13)18-15(9-10-20)22-16(12-24-19(22)21-18)17-4-3-11-23-17/h3-8,11-12H,2,9-10,20H2,1H3. The van der Waals surface area contributed by atoms with E-state index in [4.69, 9.17) is 15.1 Å². The summed E-state index contributed by atoms with van der Waals surface area (Å²) in [5, 5.41) is 2.09. The molecule has 4 nitrogen and oxygen atoms in total. The average molecular weight is 337 g/mol. The summed E-state index contributed by atoms with van der Waals surface area (Å²) in [6, 6.07) is 12.5. The molecule has 5 heteroatoms. The quantitative estimate of drug-likeness (QED) is 0.588. The number of furan rings is 1. The lowest BCUT2D eigenvalue weighted by molar-refractivity contribution is 0.579. The summed E-state index contributed by atoms with van der Waals surface area (Å²) in [7, 11) is 0. The van der Waals surface area contributed by atoms with E-state index in [-0.39, 0.29) is 0 Å². The number of imidazole rings is 1. The van der Waals surface area contributed by atoms with Crippen molar-refractivity contribution in [1.82, 2.24) is 9.38 Å². The summed E-state index contributed by atoms with van der Waals surface area (Å²) in [5.41, 5.74) is 11.5. The molecule has 0 aliphatic carbocycles. The van der Waals surface area contributed by atoms with Crippen LogP contribution >= 0.6 is 11.3 Å². The second-order valence-electron chi connectivity index (χ2n) is 5.71. The Kier molecular flexibility index (Phi) is 3.96. The van der Waals surface area contributed by atoms with Crippen LogP contribution in [0.3, 0.4) is 0 Å². The van der Waals surface area contributed by atoms with Gasteiger partial charge in [-0.3, -0.25) is 4.40 Å². The molecule has 122 valence electrons. The lowest BCUT2D eigenvalue weighted by Crippen LogP contribution is -2.06. The summed E-state index contributed by atoms with van der Waals surface area (Å²) in [6.07, 6.45) is 3.51. The molecule has 0 aliphatic rings. The van der Waals surface area contributed by atoms with Gasteiger partial charge in [0, 0.05) is 17.4 Å². The Hall–Kier alpha value is -2.37. The largest absolute Gasteiger partial charge is 0.463 e. The number of benzene rings is 1. The highest BCUT2D eigenvalue weighted by Crippen LogP contribution is 2.33. The Bertz CT molecular complexity index is 949. The van der Waals surface area contributed by atoms with E-state index < -0.39 is 0 Å². The number of aryl methyl sites for hydroxylation is 1. The molecule has 0 fully saturated rings. The van der Waals surface area contributed by atoms with Crippen LogP contribution in [0.2, 0.25) is 0 Å². The molecule has 1 aromatic carbocycles. The molecule has 0 radical (unpaired) electrons. The van der Waals surface area contributed by atoms with Gasteiger partial charge in [0.05, 0.1) is 17.7 Å². The summed E-state index contributed by atoms with van der Waals surface area (Å²) >= 11 is 1.63. The van der Waals surface area contributed by atoms with Crippen molar-refractivity contribution >= 4 is 16.3 Å². The van der Waals surface area contributed by atoms with Crippen LogP contribution in [0.5, 0.6) is 0 Å². The highest BCUT2D eigenvalue weighted by Gasteiger charge is 2.19. The van der Waals surface area contributed by atoms with Crippen LogP contribution in [0.4, 0.5) is 0 Å². The smallest absolute Gasteiger partial charge is 0.195 e. The normalized spacial score (nSPS) is 11.4. The Morgan fingerprint density at radius 1 is 1.21 bits per heavy atom. The summed E-state index contributed by atoms with van der Waals surface area (Å²) in [5.74, 6) is 0.852. The molecule has 0 saturated carbocycles. The molecule has 0 spiro atoms. The SMILES string of the molecule is CCc1ccc(-c2nc3scc(-c4ccco4)n3c2CCN)cc1. The van der Waals surface area contributed by atoms with Crippen molar-refractivity contribution in [3.8, 4) is 22.7 Å². The minimum atomic E-state index is 0.585. The van der Waals surface area contributed by atoms with E-state index in [1.165, 1.54) is 5.56 Å². The first-order valence-electron chi connectivity index (χ1n) is 8.14. The van der Waals surface area contributed by atoms with Crippen LogP contribution in [0, 0.1) is 0 Å². The second kappa shape index (κ2) is 6.26. The highest BCUT2D eigenvalue weighted by atomic mass is 32.1. The van der Waals surface area contributed by atoms with Crippen LogP contribution in [-0.4, -0.2) is 15.9 Å². The van der Waals surface area contributed by atoms with E-state index in [1.54, 1.807) is 17.6 Å². The van der Waals surface area contributed by atoms with Crippen LogP contribution in [0.15, 0.2) is 52.5 Å². The second-order valence-corrected chi connectivity index (χ2v) is 6.55. The Morgan fingerprint density at radius 3 is 2.71 bits per heavy atom. The maximum atomic E-state index is 5.88. The van der Waals surface area contributed by atoms with Crippen molar-refractivity contribution in [3.63, 3.8) is 0 Å². The van der Waals surface area contributed by atoms with Crippen molar-refractivity contribution in [2.75, 3.05) is 6.54 Å². The molecule has 4 rings (SSSR count). The molecule has 0 unspecified atom stereocenters. The molecule has 4 aromatic rings. The number of nitrogens with two attached hydrogens (primary N) is 1. The first-order valence-corrected chi connectivity index (χ1v) is 9.02. The summed E-state index contributed by atoms with van der Waals surface area (Å²) < 4.78 is 7.77. The third kappa shape index (κ3) is 2.46. The van der Waals surface area contributed by atoms with Crippen molar-refractivity contribution in [2.45, 2.75) is 19.8 Å². The zero-order valence-electron chi connectivity index (χ0n) is 13.5. The maximum Gasteiger partial charge on any atom is 0.195 e. The molecular formula is C19H19N3OS. The lowest BCUT2D eigenvalue weighted by Gasteiger charge is -2.06. The average Bonchev–Trinajstić information content (AvgIpc) is 3.32. The van der Waals surface area contributed by atoms with Crippen LogP contribution in [0.25, 0.3) is 27.7 Å². The first kappa shape index (κ1) is 15.2. The predicted molar refractivity (Wildman–Crippen MR) is 98.3 cm³/mol. The minimum absolute atomic E-state index is 0.585. The van der Waals surface area contributed by atoms with Gasteiger partial charge in [0.15, 0.2) is 10.7 Å². The van der Waals surface area contributed by atoms with Gasteiger partial charge in [0.2, 0.25) is 0 Å². The van der Waals surface area contributed by atoms with Gasteiger partial charge in [0.25, 0.3) is 0 Å². The molecule has 24 heavy (non-hydrogen) atoms. The third-order valence-electron chi connectivity index (χ3n) is 4.25. The predicted octanol–water partition coefficient (Wildman–Crippen LogP) is 4.39. The molecule has 0 atom stereocenters. The Labute approximate surface area is 144 Å². The third-order valence-corrected chi connectivity index (χ3v) is 5.08. The highest BCUT2D eigenvalue weighted by molar-refractivity contribution is 7.15. The molecule has 0 bridgehead atoms. The van der Waals surface area contributed by atoms with Crippen molar-refractivity contribution < 1.29 is 4.42 Å². The fraction of sp³-hybridized carbons (Fsp3) is 0.211. The zero-order valence-corrected chi connectivity index (χ0v) is 14.3. The number of aromatic nitrogens is 2. The molecular weight excluding hydrogens is 318 g/mol. The molecule has 2 N–H and O–H groups in total. The molecule has 0 aliphatic heterocycles. The molecule has 0 amide bonds. The van der Waals surface area contributed by atoms with Crippen molar-refractivity contribution in [2.24, 2.45) is 5.73 Å². The Balaban J connectivity index is 1.90. The van der Waals surface area contributed by atoms with Gasteiger partial charge < -0.3 is 10.2 Å². The first-order chi connectivity index (χ1) is 11.8. The fourth-order valence-corrected chi connectivity index (χ4v) is 3.91. The summed E-state index contributed by atoms with van der Waals surface area (Å²) in [4.78, 5) is 5.84. The number of thiazole rings is 1. The van der Waals surface area contributed by atoms with E-state index >= 15 is 0 Å². The molecule has 3 heterocycles. The minimum Gasteiger partial charge on any atom is -0.463 e. The van der Waals surface area contributed by atoms with Crippen LogP contribution in [-0.2, 0) is 12.8 Å². The topological polar surface area (TPSA) is 56.5 Å². The number of fused-ring (bicyclic) bond motifs is 1. The number of hydrogen-bond acceptors (Lipinski definition) is 4. The van der Waals surface area contributed by atoms with E-state index in [0.29, 0.717) is 6.54 Å². The van der Waals surface area contributed by atoms with Gasteiger partial charge in [-0.15, -0.1) is 11.3 Å². The van der Waals surface area contributed by atoms with E-state index in [0.717, 1.165) is 46.2 Å². The summed E-state index contributed by atoms with van der Waals surface area (Å²) in [6.45, 7) is 2.75. The number of hydrogen-bond donors (Lipinski definition) is 1. The zero-order chi connectivity index (χ0) is 16.5. The van der Waals surface area contributed by atoms with Gasteiger partial charge >= 0.3 is 0 Å². The maximum absolute atomic E-state index is 5.88. The van der Waals surface area contributed by atoms with Gasteiger partial charge in [-0.2, -0.15) is 0 Å². The fourth-order valence-electron chi connectivity index (χ4n) is 3.01. The van der Waals surface area contributed by atoms with Crippen molar-refractivity contribution in [1.29, 1.82) is 0 Å². The molecule has 0 saturated heterocycles. The van der Waals surface area contributed by atoms with E-state index in [9.17, 15) is 0 Å². The van der Waals surface area contributed by atoms with Crippen molar-refractivity contribution in [3.05, 3.63) is 59.3 Å².